The van der Waals surface area contributed by atoms with Crippen molar-refractivity contribution in [1.29, 1.82) is 0 Å². The molecule has 31 heavy (non-hydrogen) atoms. The van der Waals surface area contributed by atoms with Crippen molar-refractivity contribution in [2.75, 3.05) is 46.9 Å². The Morgan fingerprint density at radius 1 is 0.935 bits per heavy atom. The summed E-state index contributed by atoms with van der Waals surface area (Å²) in [5, 5.41) is 5.65. The summed E-state index contributed by atoms with van der Waals surface area (Å²) in [6, 6.07) is 17.4. The summed E-state index contributed by atoms with van der Waals surface area (Å²) < 4.78 is 5.28. The fraction of sp³-hybridized carbons (Fsp3) is 0.417. The average Bonchev–Trinajstić information content (AvgIpc) is 2.81. The second-order valence-electron chi connectivity index (χ2n) is 8.26. The number of methoxy groups -OCH3 is 1. The van der Waals surface area contributed by atoms with Gasteiger partial charge in [0.2, 0.25) is 0 Å². The van der Waals surface area contributed by atoms with Gasteiger partial charge in [-0.1, -0.05) is 30.3 Å². The minimum absolute atomic E-state index is 0.0855. The summed E-state index contributed by atoms with van der Waals surface area (Å²) in [7, 11) is 3.86. The summed E-state index contributed by atoms with van der Waals surface area (Å²) >= 11 is 0. The molecular weight excluding hydrogens is 392 g/mol. The van der Waals surface area contributed by atoms with E-state index in [0.717, 1.165) is 43.1 Å². The second-order valence-corrected chi connectivity index (χ2v) is 8.26. The average molecular weight is 427 g/mol. The van der Waals surface area contributed by atoms with Gasteiger partial charge in [-0.25, -0.2) is 0 Å². The van der Waals surface area contributed by atoms with Gasteiger partial charge in [0.25, 0.3) is 0 Å². The van der Waals surface area contributed by atoms with Crippen LogP contribution in [0.1, 0.15) is 30.1 Å². The predicted octanol–water partition coefficient (Wildman–Crippen LogP) is -0.857. The van der Waals surface area contributed by atoms with Gasteiger partial charge in [-0.3, -0.25) is 9.59 Å². The fourth-order valence-electron chi connectivity index (χ4n) is 4.04. The topological polar surface area (TPSA) is 76.3 Å². The van der Waals surface area contributed by atoms with Crippen LogP contribution in [0.5, 0.6) is 5.75 Å². The molecule has 7 nitrogen and oxygen atoms in total. The van der Waals surface area contributed by atoms with Crippen molar-refractivity contribution >= 4 is 11.8 Å². The molecule has 0 spiro atoms. The van der Waals surface area contributed by atoms with Crippen molar-refractivity contribution in [3.05, 3.63) is 65.7 Å². The number of rotatable bonds is 7. The van der Waals surface area contributed by atoms with E-state index in [1.807, 2.05) is 61.5 Å². The monoisotopic (exact) mass is 426 g/mol. The molecule has 1 fully saturated rings. The van der Waals surface area contributed by atoms with Gasteiger partial charge in [-0.15, -0.1) is 0 Å². The Kier molecular flexibility index (Phi) is 8.03. The Morgan fingerprint density at radius 3 is 2.19 bits per heavy atom. The first kappa shape index (κ1) is 22.8. The molecule has 3 rings (SSSR count). The van der Waals surface area contributed by atoms with Crippen molar-refractivity contribution < 1.29 is 24.1 Å². The molecule has 0 aromatic heterocycles. The maximum atomic E-state index is 12.5. The van der Waals surface area contributed by atoms with Gasteiger partial charge >= 0.3 is 11.8 Å². The molecule has 166 valence electrons. The highest BCUT2D eigenvalue weighted by molar-refractivity contribution is 6.35. The molecule has 2 aromatic rings. The van der Waals surface area contributed by atoms with Gasteiger partial charge < -0.3 is 25.2 Å². The zero-order valence-corrected chi connectivity index (χ0v) is 18.6. The van der Waals surface area contributed by atoms with Crippen LogP contribution in [0.2, 0.25) is 0 Å². The van der Waals surface area contributed by atoms with Crippen molar-refractivity contribution in [2.24, 2.45) is 0 Å². The maximum absolute atomic E-state index is 12.5. The van der Waals surface area contributed by atoms with Gasteiger partial charge in [0.1, 0.15) is 38.0 Å². The maximum Gasteiger partial charge on any atom is 0.309 e. The first-order valence-corrected chi connectivity index (χ1v) is 10.9. The number of hydrogen-bond donors (Lipinski definition) is 4. The van der Waals surface area contributed by atoms with Crippen LogP contribution < -0.4 is 25.2 Å². The van der Waals surface area contributed by atoms with E-state index in [0.29, 0.717) is 6.54 Å². The smallest absolute Gasteiger partial charge is 0.309 e. The minimum atomic E-state index is -0.609. The summed E-state index contributed by atoms with van der Waals surface area (Å²) in [4.78, 5) is 27.9. The standard InChI is InChI=1S/C24H32N4O3/c1-18(19-7-5-4-6-8-19)26-24(30)23(29)25-17-22(28-15-13-27(2)14-16-28)20-9-11-21(31-3)12-10-20/h4-12,18,22H,13-17H2,1-3H3,(H,25,29)(H,26,30)/p+2/t18-,22-/m0/s1. The lowest BCUT2D eigenvalue weighted by molar-refractivity contribution is -1.02. The summed E-state index contributed by atoms with van der Waals surface area (Å²) in [5.74, 6) is -0.401. The van der Waals surface area contributed by atoms with Crippen LogP contribution in [0, 0.1) is 0 Å². The van der Waals surface area contributed by atoms with Crippen LogP contribution in [0.4, 0.5) is 0 Å². The number of amides is 2. The fourth-order valence-corrected chi connectivity index (χ4v) is 4.04. The lowest BCUT2D eigenvalue weighted by Gasteiger charge is -2.33. The van der Waals surface area contributed by atoms with E-state index in [-0.39, 0.29) is 12.1 Å². The number of carbonyl (C=O) groups excluding carboxylic acids is 2. The quantitative estimate of drug-likeness (QED) is 0.436. The number of piperazine rings is 1. The van der Waals surface area contributed by atoms with Crippen LogP contribution in [-0.2, 0) is 9.59 Å². The van der Waals surface area contributed by atoms with E-state index in [4.69, 9.17) is 4.74 Å². The Hall–Kier alpha value is -2.90. The molecular formula is C24H34N4O3+2. The normalized spacial score (nSPS) is 20.4. The minimum Gasteiger partial charge on any atom is -0.497 e. The lowest BCUT2D eigenvalue weighted by atomic mass is 10.0. The molecule has 1 aliphatic heterocycles. The molecule has 1 saturated heterocycles. The molecule has 7 heteroatoms. The highest BCUT2D eigenvalue weighted by Crippen LogP contribution is 2.16. The highest BCUT2D eigenvalue weighted by Gasteiger charge is 2.30. The Morgan fingerprint density at radius 2 is 1.58 bits per heavy atom. The van der Waals surface area contributed by atoms with Crippen LogP contribution >= 0.6 is 0 Å². The van der Waals surface area contributed by atoms with Gasteiger partial charge in [0.15, 0.2) is 0 Å². The van der Waals surface area contributed by atoms with Crippen LogP contribution in [0.25, 0.3) is 0 Å². The largest absolute Gasteiger partial charge is 0.497 e. The van der Waals surface area contributed by atoms with Crippen molar-refractivity contribution in [3.8, 4) is 5.75 Å². The predicted molar refractivity (Wildman–Crippen MR) is 119 cm³/mol. The molecule has 0 unspecified atom stereocenters. The molecule has 2 atom stereocenters. The van der Waals surface area contributed by atoms with E-state index in [9.17, 15) is 9.59 Å². The number of quaternary nitrogens is 2. The Bertz CT molecular complexity index is 849. The van der Waals surface area contributed by atoms with E-state index in [1.54, 1.807) is 7.11 Å². The van der Waals surface area contributed by atoms with Gasteiger partial charge in [0.05, 0.1) is 26.7 Å². The number of carbonyl (C=O) groups is 2. The van der Waals surface area contributed by atoms with Crippen molar-refractivity contribution in [2.45, 2.75) is 19.0 Å². The van der Waals surface area contributed by atoms with Crippen LogP contribution in [0.15, 0.2) is 54.6 Å². The second kappa shape index (κ2) is 10.9. The number of benzene rings is 2. The van der Waals surface area contributed by atoms with E-state index < -0.39 is 11.8 Å². The lowest BCUT2D eigenvalue weighted by Crippen LogP contribution is -3.27. The Labute approximate surface area is 184 Å². The number of ether oxygens (including phenoxy) is 1. The molecule has 2 aromatic carbocycles. The molecule has 0 aliphatic carbocycles. The summed E-state index contributed by atoms with van der Waals surface area (Å²) in [6.07, 6.45) is 0. The number of nitrogens with one attached hydrogen (secondary N) is 4. The molecule has 0 saturated carbocycles. The number of likely N-dealkylation sites (N-methyl/N-ethyl adjacent to an activating group) is 1. The van der Waals surface area contributed by atoms with Gasteiger partial charge in [0, 0.05) is 5.56 Å². The number of hydrogen-bond acceptors (Lipinski definition) is 3. The first-order valence-electron chi connectivity index (χ1n) is 10.9. The van der Waals surface area contributed by atoms with E-state index >= 15 is 0 Å². The van der Waals surface area contributed by atoms with E-state index in [2.05, 4.69) is 17.7 Å². The third-order valence-corrected chi connectivity index (χ3v) is 6.08. The first-order chi connectivity index (χ1) is 15.0. The summed E-state index contributed by atoms with van der Waals surface area (Å²) in [6.45, 7) is 6.51. The van der Waals surface area contributed by atoms with Crippen LogP contribution in [-0.4, -0.2) is 58.7 Å². The molecule has 1 heterocycles. The molecule has 0 radical (unpaired) electrons. The zero-order valence-electron chi connectivity index (χ0n) is 18.6. The van der Waals surface area contributed by atoms with E-state index in [1.165, 1.54) is 9.80 Å². The van der Waals surface area contributed by atoms with Crippen molar-refractivity contribution in [3.63, 3.8) is 0 Å². The SMILES string of the molecule is COc1ccc([C@H](CNC(=O)C(=O)N[C@@H](C)c2ccccc2)[NH+]2CC[NH+](C)CC2)cc1. The molecule has 0 bridgehead atoms. The zero-order chi connectivity index (χ0) is 22.2. The van der Waals surface area contributed by atoms with Crippen molar-refractivity contribution in [1.82, 2.24) is 10.6 Å². The van der Waals surface area contributed by atoms with Gasteiger partial charge in [-0.05, 0) is 36.8 Å². The van der Waals surface area contributed by atoms with Gasteiger partial charge in [-0.2, -0.15) is 0 Å². The van der Waals surface area contributed by atoms with Crippen LogP contribution in [0.3, 0.4) is 0 Å². The third kappa shape index (κ3) is 6.29. The molecule has 2 amide bonds. The molecule has 1 aliphatic rings. The Balaban J connectivity index is 1.63. The molecule has 4 N–H and O–H groups in total. The summed E-state index contributed by atoms with van der Waals surface area (Å²) in [5.41, 5.74) is 2.10. The highest BCUT2D eigenvalue weighted by atomic mass is 16.5. The third-order valence-electron chi connectivity index (χ3n) is 6.08.